The second-order valence-electron chi connectivity index (χ2n) is 5.43. The first-order chi connectivity index (χ1) is 12.2. The Morgan fingerprint density at radius 3 is 2.56 bits per heavy atom. The maximum Gasteiger partial charge on any atom is 0.263 e. The van der Waals surface area contributed by atoms with Gasteiger partial charge in [0.25, 0.3) is 6.43 Å². The summed E-state index contributed by atoms with van der Waals surface area (Å²) in [4.78, 5) is 4.18. The van der Waals surface area contributed by atoms with Crippen LogP contribution in [0.3, 0.4) is 0 Å². The smallest absolute Gasteiger partial charge is 0.263 e. The molecule has 25 heavy (non-hydrogen) atoms. The molecule has 130 valence electrons. The Morgan fingerprint density at radius 1 is 1.04 bits per heavy atom. The molecule has 1 N–H and O–H groups in total. The Balaban J connectivity index is 1.78. The third kappa shape index (κ3) is 4.22. The average molecular weight is 344 g/mol. The van der Waals surface area contributed by atoms with E-state index in [4.69, 9.17) is 9.47 Å². The minimum atomic E-state index is -2.51. The molecule has 3 rings (SSSR count). The van der Waals surface area contributed by atoms with Gasteiger partial charge < -0.3 is 14.8 Å². The number of rotatable bonds is 7. The highest BCUT2D eigenvalue weighted by Crippen LogP contribution is 2.29. The van der Waals surface area contributed by atoms with E-state index < -0.39 is 6.43 Å². The summed E-state index contributed by atoms with van der Waals surface area (Å²) in [6, 6.07) is 13.8. The topological polar surface area (TPSA) is 43.4 Å². The third-order valence-corrected chi connectivity index (χ3v) is 3.71. The summed E-state index contributed by atoms with van der Waals surface area (Å²) in [6.45, 7) is 1.02. The fourth-order valence-corrected chi connectivity index (χ4v) is 2.44. The second-order valence-corrected chi connectivity index (χ2v) is 5.43. The van der Waals surface area contributed by atoms with Crippen molar-refractivity contribution in [3.63, 3.8) is 0 Å². The molecule has 0 aliphatic rings. The van der Waals surface area contributed by atoms with E-state index in [9.17, 15) is 8.78 Å². The highest BCUT2D eigenvalue weighted by Gasteiger charge is 2.09. The summed E-state index contributed by atoms with van der Waals surface area (Å²) in [6.07, 6.45) is -0.907. The quantitative estimate of drug-likeness (QED) is 0.617. The highest BCUT2D eigenvalue weighted by molar-refractivity contribution is 5.93. The van der Waals surface area contributed by atoms with Crippen LogP contribution in [0.15, 0.2) is 54.7 Å². The summed E-state index contributed by atoms with van der Waals surface area (Å²) < 4.78 is 36.1. The van der Waals surface area contributed by atoms with E-state index in [1.165, 1.54) is 12.1 Å². The van der Waals surface area contributed by atoms with Gasteiger partial charge in [-0.1, -0.05) is 12.1 Å². The number of benzene rings is 2. The van der Waals surface area contributed by atoms with Crippen LogP contribution in [0.1, 0.15) is 12.0 Å². The zero-order valence-electron chi connectivity index (χ0n) is 13.7. The van der Waals surface area contributed by atoms with Crippen molar-refractivity contribution in [1.82, 2.24) is 4.98 Å². The summed E-state index contributed by atoms with van der Waals surface area (Å²) in [7, 11) is 1.62. The number of ether oxygens (including phenoxy) is 2. The van der Waals surface area contributed by atoms with Crippen LogP contribution in [-0.4, -0.2) is 25.3 Å². The van der Waals surface area contributed by atoms with Gasteiger partial charge in [0.05, 0.1) is 12.1 Å². The van der Waals surface area contributed by atoms with E-state index in [1.54, 1.807) is 19.4 Å². The summed E-state index contributed by atoms with van der Waals surface area (Å²) in [5.41, 5.74) is 2.17. The van der Waals surface area contributed by atoms with Gasteiger partial charge in [-0.2, -0.15) is 0 Å². The monoisotopic (exact) mass is 344 g/mol. The predicted octanol–water partition coefficient (Wildman–Crippen LogP) is 4.94. The fraction of sp³-hybridized carbons (Fsp3) is 0.211. The molecule has 0 fully saturated rings. The molecular weight excluding hydrogens is 326 g/mol. The first-order valence-corrected chi connectivity index (χ1v) is 7.83. The van der Waals surface area contributed by atoms with Gasteiger partial charge in [-0.25, -0.2) is 8.78 Å². The Kier molecular flexibility index (Phi) is 5.40. The molecular formula is C19H18F2N2O2. The van der Waals surface area contributed by atoms with Crippen LogP contribution in [0.5, 0.6) is 5.75 Å². The lowest BCUT2D eigenvalue weighted by Gasteiger charge is -2.11. The number of hydrogen-bond donors (Lipinski definition) is 1. The van der Waals surface area contributed by atoms with Gasteiger partial charge in [0.15, 0.2) is 0 Å². The van der Waals surface area contributed by atoms with E-state index in [1.807, 2.05) is 30.3 Å². The molecule has 1 aromatic heterocycles. The van der Waals surface area contributed by atoms with E-state index >= 15 is 0 Å². The molecule has 0 unspecified atom stereocenters. The van der Waals surface area contributed by atoms with Crippen molar-refractivity contribution in [2.75, 3.05) is 25.6 Å². The van der Waals surface area contributed by atoms with Gasteiger partial charge in [0, 0.05) is 35.6 Å². The molecule has 0 aliphatic heterocycles. The molecule has 1 heterocycles. The maximum absolute atomic E-state index is 12.8. The number of aromatic nitrogens is 1. The number of halogens is 2. The number of hydrogen-bond acceptors (Lipinski definition) is 4. The van der Waals surface area contributed by atoms with Crippen LogP contribution in [0.4, 0.5) is 20.2 Å². The van der Waals surface area contributed by atoms with Crippen LogP contribution >= 0.6 is 0 Å². The van der Waals surface area contributed by atoms with Crippen molar-refractivity contribution in [2.45, 2.75) is 6.43 Å². The van der Waals surface area contributed by atoms with E-state index in [0.29, 0.717) is 18.7 Å². The Morgan fingerprint density at radius 2 is 1.84 bits per heavy atom. The van der Waals surface area contributed by atoms with Crippen LogP contribution in [0.2, 0.25) is 0 Å². The molecule has 3 aromatic rings. The van der Waals surface area contributed by atoms with Gasteiger partial charge in [-0.3, -0.25) is 4.98 Å². The first-order valence-electron chi connectivity index (χ1n) is 7.83. The molecule has 0 saturated heterocycles. The highest BCUT2D eigenvalue weighted by atomic mass is 19.3. The number of nitrogens with zero attached hydrogens (tertiary/aromatic N) is 1. The van der Waals surface area contributed by atoms with Gasteiger partial charge in [0.2, 0.25) is 0 Å². The predicted molar refractivity (Wildman–Crippen MR) is 93.8 cm³/mol. The second kappa shape index (κ2) is 7.90. The Bertz CT molecular complexity index is 838. The third-order valence-electron chi connectivity index (χ3n) is 3.71. The number of alkyl halides is 2. The molecule has 2 aromatic carbocycles. The normalized spacial score (nSPS) is 11.0. The van der Waals surface area contributed by atoms with Crippen LogP contribution in [-0.2, 0) is 4.74 Å². The van der Waals surface area contributed by atoms with Crippen molar-refractivity contribution < 1.29 is 18.3 Å². The molecule has 0 aliphatic carbocycles. The molecule has 4 nitrogen and oxygen atoms in total. The van der Waals surface area contributed by atoms with Crippen LogP contribution in [0.25, 0.3) is 10.9 Å². The molecule has 6 heteroatoms. The number of nitrogens with one attached hydrogen (secondary N) is 1. The molecule has 0 spiro atoms. The summed E-state index contributed by atoms with van der Waals surface area (Å²) in [5.74, 6) is 0.753. The molecule has 0 bridgehead atoms. The van der Waals surface area contributed by atoms with Gasteiger partial charge in [-0.15, -0.1) is 0 Å². The van der Waals surface area contributed by atoms with Crippen molar-refractivity contribution in [3.8, 4) is 5.75 Å². The van der Waals surface area contributed by atoms with E-state index in [0.717, 1.165) is 22.5 Å². The minimum Gasteiger partial charge on any atom is -0.491 e. The minimum absolute atomic E-state index is 0.0327. The Labute approximate surface area is 144 Å². The Hall–Kier alpha value is -2.73. The molecule has 0 atom stereocenters. The average Bonchev–Trinajstić information content (AvgIpc) is 2.63. The number of methoxy groups -OCH3 is 1. The van der Waals surface area contributed by atoms with Crippen molar-refractivity contribution in [1.29, 1.82) is 0 Å². The zero-order chi connectivity index (χ0) is 17.6. The standard InChI is InChI=1S/C19H18F2N2O2/c1-24-10-11-25-15-5-3-14(4-6-15)23-17-8-9-22-18-12-13(19(20)21)2-7-16(17)18/h2-9,12,19H,10-11H2,1H3,(H,22,23). The summed E-state index contributed by atoms with van der Waals surface area (Å²) in [5, 5.41) is 4.07. The van der Waals surface area contributed by atoms with Crippen molar-refractivity contribution in [2.24, 2.45) is 0 Å². The molecule has 0 amide bonds. The largest absolute Gasteiger partial charge is 0.491 e. The van der Waals surface area contributed by atoms with Crippen LogP contribution < -0.4 is 10.1 Å². The van der Waals surface area contributed by atoms with Crippen molar-refractivity contribution >= 4 is 22.3 Å². The van der Waals surface area contributed by atoms with Crippen LogP contribution in [0, 0.1) is 0 Å². The maximum atomic E-state index is 12.8. The first kappa shape index (κ1) is 17.1. The molecule has 0 radical (unpaired) electrons. The number of pyridine rings is 1. The van der Waals surface area contributed by atoms with Gasteiger partial charge in [0.1, 0.15) is 12.4 Å². The van der Waals surface area contributed by atoms with Crippen molar-refractivity contribution in [3.05, 3.63) is 60.3 Å². The number of fused-ring (bicyclic) bond motifs is 1. The lowest BCUT2D eigenvalue weighted by atomic mass is 10.1. The lowest BCUT2D eigenvalue weighted by Crippen LogP contribution is -2.04. The molecule has 0 saturated carbocycles. The van der Waals surface area contributed by atoms with E-state index in [-0.39, 0.29) is 5.56 Å². The number of anilines is 2. The van der Waals surface area contributed by atoms with E-state index in [2.05, 4.69) is 10.3 Å². The SMILES string of the molecule is COCCOc1ccc(Nc2ccnc3cc(C(F)F)ccc23)cc1. The summed E-state index contributed by atoms with van der Waals surface area (Å²) >= 11 is 0. The van der Waals surface area contributed by atoms with Gasteiger partial charge in [-0.05, 0) is 36.4 Å². The lowest BCUT2D eigenvalue weighted by molar-refractivity contribution is 0.146. The zero-order valence-corrected chi connectivity index (χ0v) is 13.7. The van der Waals surface area contributed by atoms with Gasteiger partial charge >= 0.3 is 0 Å². The fourth-order valence-electron chi connectivity index (χ4n) is 2.44.